The Kier molecular flexibility index (Phi) is 2.73. The molecule has 5 heteroatoms. The summed E-state index contributed by atoms with van der Waals surface area (Å²) in [6.45, 7) is 1.72. The summed E-state index contributed by atoms with van der Waals surface area (Å²) in [5, 5.41) is 1.26. The standard InChI is InChI=1S/C14H16IN3O/c1-17-6-13(15)12-4-11(5-16-14(12)17)18-9-2-3-10(18)8-19-7-9/h4-6,9-10H,2-3,7-8H2,1H3. The second-order valence-corrected chi connectivity index (χ2v) is 6.64. The Morgan fingerprint density at radius 3 is 2.79 bits per heavy atom. The predicted octanol–water partition coefficient (Wildman–Crippen LogP) is 2.55. The molecule has 0 spiro atoms. The number of aromatic nitrogens is 2. The van der Waals surface area contributed by atoms with Gasteiger partial charge in [-0.05, 0) is 41.5 Å². The van der Waals surface area contributed by atoms with Crippen LogP contribution in [0.1, 0.15) is 12.8 Å². The molecule has 19 heavy (non-hydrogen) atoms. The summed E-state index contributed by atoms with van der Waals surface area (Å²) in [5.41, 5.74) is 2.32. The first kappa shape index (κ1) is 12.0. The van der Waals surface area contributed by atoms with E-state index in [0.29, 0.717) is 12.1 Å². The number of ether oxygens (including phenoxy) is 1. The van der Waals surface area contributed by atoms with Crippen LogP contribution in [0, 0.1) is 3.57 Å². The van der Waals surface area contributed by atoms with E-state index in [1.165, 1.54) is 27.5 Å². The van der Waals surface area contributed by atoms with Crippen LogP contribution in [-0.2, 0) is 11.8 Å². The maximum absolute atomic E-state index is 5.66. The maximum Gasteiger partial charge on any atom is 0.140 e. The number of aryl methyl sites for hydroxylation is 1. The smallest absolute Gasteiger partial charge is 0.140 e. The Morgan fingerprint density at radius 2 is 2.05 bits per heavy atom. The van der Waals surface area contributed by atoms with Gasteiger partial charge in [-0.15, -0.1) is 0 Å². The molecule has 2 aromatic heterocycles. The first-order chi connectivity index (χ1) is 9.24. The van der Waals surface area contributed by atoms with Gasteiger partial charge in [-0.2, -0.15) is 0 Å². The normalized spacial score (nSPS) is 26.3. The summed E-state index contributed by atoms with van der Waals surface area (Å²) < 4.78 is 9.02. The highest BCUT2D eigenvalue weighted by atomic mass is 127. The van der Waals surface area contributed by atoms with Crippen LogP contribution in [0.3, 0.4) is 0 Å². The number of hydrogen-bond acceptors (Lipinski definition) is 3. The summed E-state index contributed by atoms with van der Waals surface area (Å²) in [6, 6.07) is 3.37. The first-order valence-corrected chi connectivity index (χ1v) is 7.78. The molecular weight excluding hydrogens is 353 g/mol. The summed E-state index contributed by atoms with van der Waals surface area (Å²) >= 11 is 2.39. The van der Waals surface area contributed by atoms with Gasteiger partial charge in [0.2, 0.25) is 0 Å². The van der Waals surface area contributed by atoms with Gasteiger partial charge in [-0.3, -0.25) is 0 Å². The van der Waals surface area contributed by atoms with Crippen LogP contribution >= 0.6 is 22.6 Å². The fourth-order valence-corrected chi connectivity index (χ4v) is 4.21. The van der Waals surface area contributed by atoms with E-state index in [-0.39, 0.29) is 0 Å². The van der Waals surface area contributed by atoms with Crippen molar-refractivity contribution < 1.29 is 4.74 Å². The second-order valence-electron chi connectivity index (χ2n) is 5.48. The van der Waals surface area contributed by atoms with Crippen LogP contribution in [-0.4, -0.2) is 34.8 Å². The van der Waals surface area contributed by atoms with Gasteiger partial charge in [-0.1, -0.05) is 0 Å². The second kappa shape index (κ2) is 4.34. The number of anilines is 1. The number of halogens is 1. The van der Waals surface area contributed by atoms with Gasteiger partial charge in [0.05, 0.1) is 37.2 Å². The molecule has 2 atom stereocenters. The van der Waals surface area contributed by atoms with Crippen molar-refractivity contribution in [2.24, 2.45) is 7.05 Å². The lowest BCUT2D eigenvalue weighted by atomic mass is 10.2. The molecule has 4 heterocycles. The number of morpholine rings is 1. The minimum atomic E-state index is 0.541. The number of pyridine rings is 1. The van der Waals surface area contributed by atoms with E-state index in [1.807, 2.05) is 6.20 Å². The Morgan fingerprint density at radius 1 is 1.32 bits per heavy atom. The number of nitrogens with zero attached hydrogens (tertiary/aromatic N) is 3. The third-order valence-electron chi connectivity index (χ3n) is 4.29. The number of hydrogen-bond donors (Lipinski definition) is 0. The van der Waals surface area contributed by atoms with Crippen molar-refractivity contribution in [2.45, 2.75) is 24.9 Å². The number of fused-ring (bicyclic) bond motifs is 3. The average molecular weight is 369 g/mol. The Hall–Kier alpha value is -0.820. The van der Waals surface area contributed by atoms with Gasteiger partial charge >= 0.3 is 0 Å². The van der Waals surface area contributed by atoms with Gasteiger partial charge in [0, 0.05) is 22.2 Å². The molecule has 4 rings (SSSR count). The van der Waals surface area contributed by atoms with Gasteiger partial charge in [0.1, 0.15) is 5.65 Å². The van der Waals surface area contributed by atoms with Crippen molar-refractivity contribution in [1.29, 1.82) is 0 Å². The van der Waals surface area contributed by atoms with Crippen molar-refractivity contribution in [1.82, 2.24) is 9.55 Å². The van der Waals surface area contributed by atoms with E-state index >= 15 is 0 Å². The molecule has 0 amide bonds. The molecule has 0 aliphatic carbocycles. The lowest BCUT2D eigenvalue weighted by molar-refractivity contribution is 0.0906. The largest absolute Gasteiger partial charge is 0.377 e. The van der Waals surface area contributed by atoms with Crippen LogP contribution in [0.5, 0.6) is 0 Å². The fourth-order valence-electron chi connectivity index (χ4n) is 3.40. The molecule has 0 saturated carbocycles. The molecule has 2 bridgehead atoms. The molecule has 0 aromatic carbocycles. The molecule has 2 aromatic rings. The van der Waals surface area contributed by atoms with E-state index in [9.17, 15) is 0 Å². The van der Waals surface area contributed by atoms with Crippen LogP contribution < -0.4 is 4.90 Å². The van der Waals surface area contributed by atoms with E-state index in [0.717, 1.165) is 18.9 Å². The average Bonchev–Trinajstić information content (AvgIpc) is 2.83. The van der Waals surface area contributed by atoms with Crippen LogP contribution in [0.4, 0.5) is 5.69 Å². The molecule has 0 radical (unpaired) electrons. The Balaban J connectivity index is 1.81. The van der Waals surface area contributed by atoms with E-state index in [1.54, 1.807) is 0 Å². The van der Waals surface area contributed by atoms with Gasteiger partial charge < -0.3 is 14.2 Å². The molecule has 2 aliphatic rings. The summed E-state index contributed by atoms with van der Waals surface area (Å²) in [7, 11) is 2.05. The van der Waals surface area contributed by atoms with Crippen molar-refractivity contribution in [2.75, 3.05) is 18.1 Å². The van der Waals surface area contributed by atoms with E-state index in [2.05, 4.69) is 56.4 Å². The van der Waals surface area contributed by atoms with E-state index in [4.69, 9.17) is 4.74 Å². The number of rotatable bonds is 1. The lowest BCUT2D eigenvalue weighted by Gasteiger charge is -2.36. The van der Waals surface area contributed by atoms with Crippen molar-refractivity contribution >= 4 is 39.3 Å². The zero-order valence-corrected chi connectivity index (χ0v) is 13.0. The summed E-state index contributed by atoms with van der Waals surface area (Å²) in [4.78, 5) is 7.18. The third-order valence-corrected chi connectivity index (χ3v) is 5.15. The monoisotopic (exact) mass is 369 g/mol. The van der Waals surface area contributed by atoms with Crippen LogP contribution in [0.2, 0.25) is 0 Å². The molecular formula is C14H16IN3O. The van der Waals surface area contributed by atoms with Crippen LogP contribution in [0.15, 0.2) is 18.5 Å². The highest BCUT2D eigenvalue weighted by molar-refractivity contribution is 14.1. The third kappa shape index (κ3) is 1.78. The molecule has 0 N–H and O–H groups in total. The minimum Gasteiger partial charge on any atom is -0.377 e. The lowest BCUT2D eigenvalue weighted by Crippen LogP contribution is -2.45. The Bertz CT molecular complexity index is 623. The van der Waals surface area contributed by atoms with Crippen molar-refractivity contribution in [3.63, 3.8) is 0 Å². The summed E-state index contributed by atoms with van der Waals surface area (Å²) in [5.74, 6) is 0. The van der Waals surface area contributed by atoms with Gasteiger partial charge in [-0.25, -0.2) is 4.98 Å². The highest BCUT2D eigenvalue weighted by Gasteiger charge is 2.37. The quantitative estimate of drug-likeness (QED) is 0.724. The maximum atomic E-state index is 5.66. The first-order valence-electron chi connectivity index (χ1n) is 6.70. The zero-order valence-electron chi connectivity index (χ0n) is 10.8. The minimum absolute atomic E-state index is 0.541. The highest BCUT2D eigenvalue weighted by Crippen LogP contribution is 2.35. The molecule has 2 unspecified atom stereocenters. The molecule has 100 valence electrons. The Labute approximate surface area is 125 Å². The molecule has 2 aliphatic heterocycles. The van der Waals surface area contributed by atoms with Crippen LogP contribution in [0.25, 0.3) is 11.0 Å². The van der Waals surface area contributed by atoms with E-state index < -0.39 is 0 Å². The molecule has 4 nitrogen and oxygen atoms in total. The van der Waals surface area contributed by atoms with Crippen molar-refractivity contribution in [3.8, 4) is 0 Å². The topological polar surface area (TPSA) is 30.3 Å². The van der Waals surface area contributed by atoms with Gasteiger partial charge in [0.25, 0.3) is 0 Å². The summed E-state index contributed by atoms with van der Waals surface area (Å²) in [6.07, 6.45) is 6.65. The van der Waals surface area contributed by atoms with Crippen molar-refractivity contribution in [3.05, 3.63) is 22.0 Å². The van der Waals surface area contributed by atoms with Gasteiger partial charge in [0.15, 0.2) is 0 Å². The fraction of sp³-hybridized carbons (Fsp3) is 0.500. The molecule has 2 fully saturated rings. The zero-order chi connectivity index (χ0) is 13.0. The predicted molar refractivity (Wildman–Crippen MR) is 83.5 cm³/mol. The molecule has 2 saturated heterocycles. The SMILES string of the molecule is Cn1cc(I)c2cc(N3C4CCC3COC4)cnc21.